The summed E-state index contributed by atoms with van der Waals surface area (Å²) in [5.74, 6) is 0.998. The zero-order chi connectivity index (χ0) is 14.1. The second-order valence-electron chi connectivity index (χ2n) is 5.34. The van der Waals surface area contributed by atoms with Crippen molar-refractivity contribution in [3.05, 3.63) is 29.0 Å². The van der Waals surface area contributed by atoms with Crippen molar-refractivity contribution < 1.29 is 13.9 Å². The van der Waals surface area contributed by atoms with Crippen LogP contribution in [0.5, 0.6) is 5.75 Å². The number of halogens is 2. The number of amides is 1. The van der Waals surface area contributed by atoms with Crippen LogP contribution in [0.25, 0.3) is 0 Å². The lowest BCUT2D eigenvalue weighted by Crippen LogP contribution is -2.35. The van der Waals surface area contributed by atoms with Gasteiger partial charge in [-0.25, -0.2) is 4.39 Å². The van der Waals surface area contributed by atoms with Crippen molar-refractivity contribution in [2.75, 3.05) is 32.8 Å². The van der Waals surface area contributed by atoms with Crippen molar-refractivity contribution in [1.29, 1.82) is 0 Å². The summed E-state index contributed by atoms with van der Waals surface area (Å²) in [5, 5.41) is 3.51. The first-order valence-corrected chi connectivity index (χ1v) is 7.07. The van der Waals surface area contributed by atoms with Gasteiger partial charge < -0.3 is 15.0 Å². The first kappa shape index (κ1) is 13.6. The molecule has 0 spiro atoms. The van der Waals surface area contributed by atoms with Gasteiger partial charge in [-0.2, -0.15) is 0 Å². The molecule has 0 aliphatic carbocycles. The lowest BCUT2D eigenvalue weighted by atomic mass is 10.0. The van der Waals surface area contributed by atoms with Crippen molar-refractivity contribution in [1.82, 2.24) is 10.2 Å². The van der Waals surface area contributed by atoms with Gasteiger partial charge in [0.1, 0.15) is 11.6 Å². The van der Waals surface area contributed by atoms with Gasteiger partial charge in [-0.1, -0.05) is 11.6 Å². The average Bonchev–Trinajstić information content (AvgIpc) is 2.98. The van der Waals surface area contributed by atoms with Gasteiger partial charge >= 0.3 is 0 Å². The lowest BCUT2D eigenvalue weighted by Gasteiger charge is -2.18. The third-order valence-electron chi connectivity index (χ3n) is 3.99. The molecule has 2 aliphatic rings. The highest BCUT2D eigenvalue weighted by Crippen LogP contribution is 2.27. The van der Waals surface area contributed by atoms with Gasteiger partial charge in [-0.05, 0) is 30.0 Å². The molecule has 1 aromatic carbocycles. The number of hydrogen-bond donors (Lipinski definition) is 1. The molecule has 4 nitrogen and oxygen atoms in total. The molecule has 1 aromatic rings. The Kier molecular flexibility index (Phi) is 3.81. The number of benzene rings is 1. The highest BCUT2D eigenvalue weighted by molar-refractivity contribution is 6.32. The van der Waals surface area contributed by atoms with Crippen LogP contribution in [0.4, 0.5) is 4.39 Å². The molecule has 2 aliphatic heterocycles. The van der Waals surface area contributed by atoms with E-state index in [1.54, 1.807) is 0 Å². The number of fused-ring (bicyclic) bond motifs is 1. The molecule has 108 valence electrons. The van der Waals surface area contributed by atoms with Crippen LogP contribution in [0.2, 0.25) is 5.02 Å². The maximum absolute atomic E-state index is 12.9. The zero-order valence-electron chi connectivity index (χ0n) is 10.9. The van der Waals surface area contributed by atoms with Gasteiger partial charge in [0.15, 0.2) is 6.61 Å². The first-order chi connectivity index (χ1) is 9.63. The molecular weight excluding hydrogens is 283 g/mol. The largest absolute Gasteiger partial charge is 0.482 e. The monoisotopic (exact) mass is 298 g/mol. The van der Waals surface area contributed by atoms with Gasteiger partial charge in [-0.3, -0.25) is 4.79 Å². The Morgan fingerprint density at radius 3 is 2.75 bits per heavy atom. The minimum atomic E-state index is -0.423. The van der Waals surface area contributed by atoms with Gasteiger partial charge in [-0.15, -0.1) is 0 Å². The average molecular weight is 299 g/mol. The van der Waals surface area contributed by atoms with Crippen molar-refractivity contribution >= 4 is 17.5 Å². The predicted octanol–water partition coefficient (Wildman–Crippen LogP) is 1.54. The molecule has 6 heteroatoms. The SMILES string of the molecule is O=C(COc1ccc(F)cc1Cl)N1C[C@H]2CNC[C@H]2C1. The van der Waals surface area contributed by atoms with E-state index in [1.165, 1.54) is 18.2 Å². The van der Waals surface area contributed by atoms with Crippen LogP contribution in [0.3, 0.4) is 0 Å². The number of carbonyl (C=O) groups is 1. The van der Waals surface area contributed by atoms with Crippen molar-refractivity contribution in [2.45, 2.75) is 0 Å². The molecule has 2 atom stereocenters. The van der Waals surface area contributed by atoms with E-state index < -0.39 is 5.82 Å². The molecule has 0 bridgehead atoms. The Balaban J connectivity index is 1.54. The molecule has 1 amide bonds. The topological polar surface area (TPSA) is 41.6 Å². The van der Waals surface area contributed by atoms with Crippen molar-refractivity contribution in [3.8, 4) is 5.75 Å². The lowest BCUT2D eigenvalue weighted by molar-refractivity contribution is -0.132. The number of hydrogen-bond acceptors (Lipinski definition) is 3. The number of carbonyl (C=O) groups excluding carboxylic acids is 1. The van der Waals surface area contributed by atoms with Gasteiger partial charge in [0.05, 0.1) is 5.02 Å². The van der Waals surface area contributed by atoms with E-state index in [1.807, 2.05) is 4.90 Å². The molecule has 0 aromatic heterocycles. The van der Waals surface area contributed by atoms with Crippen LogP contribution in [0.1, 0.15) is 0 Å². The summed E-state index contributed by atoms with van der Waals surface area (Å²) in [7, 11) is 0. The Bertz CT molecular complexity index is 514. The summed E-state index contributed by atoms with van der Waals surface area (Å²) < 4.78 is 18.3. The van der Waals surface area contributed by atoms with E-state index in [0.717, 1.165) is 26.2 Å². The number of likely N-dealkylation sites (tertiary alicyclic amines) is 1. The van der Waals surface area contributed by atoms with Crippen LogP contribution >= 0.6 is 11.6 Å². The van der Waals surface area contributed by atoms with Crippen LogP contribution in [0, 0.1) is 17.7 Å². The molecule has 1 N–H and O–H groups in total. The summed E-state index contributed by atoms with van der Waals surface area (Å²) in [5.41, 5.74) is 0. The molecule has 0 radical (unpaired) electrons. The second-order valence-corrected chi connectivity index (χ2v) is 5.75. The standard InChI is InChI=1S/C14H16ClFN2O2/c15-12-3-11(16)1-2-13(12)20-8-14(19)18-6-9-4-17-5-10(9)7-18/h1-3,9-10,17H,4-8H2/t9-,10+. The fourth-order valence-corrected chi connectivity index (χ4v) is 3.10. The molecule has 2 heterocycles. The third-order valence-corrected chi connectivity index (χ3v) is 4.28. The van der Waals surface area contributed by atoms with Crippen LogP contribution in [-0.4, -0.2) is 43.6 Å². The zero-order valence-corrected chi connectivity index (χ0v) is 11.7. The fraction of sp³-hybridized carbons (Fsp3) is 0.500. The van der Waals surface area contributed by atoms with Gasteiger partial charge in [0.25, 0.3) is 5.91 Å². The summed E-state index contributed by atoms with van der Waals surface area (Å²) >= 11 is 5.85. The fourth-order valence-electron chi connectivity index (χ4n) is 2.88. The van der Waals surface area contributed by atoms with E-state index in [2.05, 4.69) is 5.32 Å². The summed E-state index contributed by atoms with van der Waals surface area (Å²) in [4.78, 5) is 13.9. The van der Waals surface area contributed by atoms with Crippen molar-refractivity contribution in [3.63, 3.8) is 0 Å². The summed E-state index contributed by atoms with van der Waals surface area (Å²) in [6.45, 7) is 3.49. The molecular formula is C14H16ClFN2O2. The smallest absolute Gasteiger partial charge is 0.260 e. The second kappa shape index (κ2) is 5.58. The highest BCUT2D eigenvalue weighted by atomic mass is 35.5. The molecule has 3 rings (SSSR count). The number of nitrogens with zero attached hydrogens (tertiary/aromatic N) is 1. The molecule has 0 unspecified atom stereocenters. The van der Waals surface area contributed by atoms with Gasteiger partial charge in [0.2, 0.25) is 0 Å². The number of nitrogens with one attached hydrogen (secondary N) is 1. The minimum absolute atomic E-state index is 0.0419. The molecule has 20 heavy (non-hydrogen) atoms. The maximum Gasteiger partial charge on any atom is 0.260 e. The molecule has 2 fully saturated rings. The van der Waals surface area contributed by atoms with Crippen LogP contribution in [-0.2, 0) is 4.79 Å². The Morgan fingerprint density at radius 2 is 2.10 bits per heavy atom. The van der Waals surface area contributed by atoms with Crippen LogP contribution < -0.4 is 10.1 Å². The van der Waals surface area contributed by atoms with Gasteiger partial charge in [0, 0.05) is 26.2 Å². The third kappa shape index (κ3) is 2.74. The van der Waals surface area contributed by atoms with E-state index in [4.69, 9.17) is 16.3 Å². The predicted molar refractivity (Wildman–Crippen MR) is 73.3 cm³/mol. The van der Waals surface area contributed by atoms with E-state index in [9.17, 15) is 9.18 Å². The highest BCUT2D eigenvalue weighted by Gasteiger charge is 2.37. The van der Waals surface area contributed by atoms with E-state index in [-0.39, 0.29) is 17.5 Å². The normalized spacial score (nSPS) is 24.8. The number of rotatable bonds is 3. The quantitative estimate of drug-likeness (QED) is 0.920. The Hall–Kier alpha value is -1.33. The Labute approximate surface area is 121 Å². The summed E-state index contributed by atoms with van der Waals surface area (Å²) in [6, 6.07) is 3.87. The number of ether oxygens (including phenoxy) is 1. The minimum Gasteiger partial charge on any atom is -0.482 e. The first-order valence-electron chi connectivity index (χ1n) is 6.70. The van der Waals surface area contributed by atoms with E-state index in [0.29, 0.717) is 17.6 Å². The van der Waals surface area contributed by atoms with E-state index >= 15 is 0 Å². The Morgan fingerprint density at radius 1 is 1.40 bits per heavy atom. The van der Waals surface area contributed by atoms with Crippen LogP contribution in [0.15, 0.2) is 18.2 Å². The maximum atomic E-state index is 12.9. The van der Waals surface area contributed by atoms with Crippen molar-refractivity contribution in [2.24, 2.45) is 11.8 Å². The molecule has 2 saturated heterocycles. The summed E-state index contributed by atoms with van der Waals surface area (Å²) in [6.07, 6.45) is 0. The molecule has 0 saturated carbocycles.